The lowest BCUT2D eigenvalue weighted by Crippen LogP contribution is -2.03. The molecular weight excluding hydrogens is 333 g/mol. The number of rotatable bonds is 6. The van der Waals surface area contributed by atoms with Crippen LogP contribution in [-0.2, 0) is 7.05 Å². The predicted molar refractivity (Wildman–Crippen MR) is 87.3 cm³/mol. The van der Waals surface area contributed by atoms with E-state index in [0.29, 0.717) is 28.1 Å². The van der Waals surface area contributed by atoms with Gasteiger partial charge in [0, 0.05) is 12.8 Å². The van der Waals surface area contributed by atoms with Crippen LogP contribution in [0.5, 0.6) is 5.75 Å². The third-order valence-corrected chi connectivity index (χ3v) is 4.60. The van der Waals surface area contributed by atoms with E-state index in [-0.39, 0.29) is 5.75 Å². The number of hydrogen-bond acceptors (Lipinski definition) is 6. The standard InChI is InChI=1S/C16H16FN3O3S/c1-20-15(14-4-3-7-23-14)18-19-16(20)24-9-12(21)10-5-6-13(22-2)11(17)8-10/h3-8,12,21H,9H2,1-2H3. The van der Waals surface area contributed by atoms with Crippen LogP contribution in [0.3, 0.4) is 0 Å². The number of benzene rings is 1. The van der Waals surface area contributed by atoms with Gasteiger partial charge in [-0.2, -0.15) is 0 Å². The van der Waals surface area contributed by atoms with Crippen LogP contribution in [0.15, 0.2) is 46.2 Å². The minimum absolute atomic E-state index is 0.148. The van der Waals surface area contributed by atoms with Crippen LogP contribution in [0.4, 0.5) is 4.39 Å². The summed E-state index contributed by atoms with van der Waals surface area (Å²) in [5.74, 6) is 1.19. The largest absolute Gasteiger partial charge is 0.494 e. The maximum atomic E-state index is 13.7. The van der Waals surface area contributed by atoms with Crippen LogP contribution in [0.1, 0.15) is 11.7 Å². The summed E-state index contributed by atoms with van der Waals surface area (Å²) in [5.41, 5.74) is 0.481. The Hall–Kier alpha value is -2.32. The first-order chi connectivity index (χ1) is 11.6. The second-order valence-electron chi connectivity index (χ2n) is 5.06. The molecule has 0 spiro atoms. The highest BCUT2D eigenvalue weighted by Gasteiger charge is 2.16. The molecule has 126 valence electrons. The normalized spacial score (nSPS) is 12.3. The molecule has 1 N–H and O–H groups in total. The highest BCUT2D eigenvalue weighted by Crippen LogP contribution is 2.28. The Morgan fingerprint density at radius 2 is 2.21 bits per heavy atom. The Bertz CT molecular complexity index is 820. The summed E-state index contributed by atoms with van der Waals surface area (Å²) in [6, 6.07) is 7.98. The van der Waals surface area contributed by atoms with Crippen LogP contribution in [0.25, 0.3) is 11.6 Å². The van der Waals surface area contributed by atoms with Crippen LogP contribution < -0.4 is 4.74 Å². The molecule has 0 aliphatic heterocycles. The molecule has 0 bridgehead atoms. The molecule has 0 saturated carbocycles. The Balaban J connectivity index is 1.68. The number of aliphatic hydroxyl groups is 1. The van der Waals surface area contributed by atoms with Crippen molar-refractivity contribution in [3.63, 3.8) is 0 Å². The molecular formula is C16H16FN3O3S. The molecule has 1 atom stereocenters. The number of furan rings is 1. The van der Waals surface area contributed by atoms with E-state index in [0.717, 1.165) is 0 Å². The zero-order valence-electron chi connectivity index (χ0n) is 13.1. The molecule has 0 amide bonds. The number of thioether (sulfide) groups is 1. The zero-order chi connectivity index (χ0) is 17.1. The second kappa shape index (κ2) is 7.06. The van der Waals surface area contributed by atoms with Crippen molar-refractivity contribution >= 4 is 11.8 Å². The average Bonchev–Trinajstić information content (AvgIpc) is 3.22. The van der Waals surface area contributed by atoms with Crippen molar-refractivity contribution in [2.24, 2.45) is 7.05 Å². The number of hydrogen-bond donors (Lipinski definition) is 1. The van der Waals surface area contributed by atoms with E-state index in [1.54, 1.807) is 29.0 Å². The quantitative estimate of drug-likeness (QED) is 0.690. The molecule has 3 rings (SSSR count). The topological polar surface area (TPSA) is 73.3 Å². The molecule has 24 heavy (non-hydrogen) atoms. The molecule has 2 aromatic heterocycles. The van der Waals surface area contributed by atoms with Crippen molar-refractivity contribution in [2.75, 3.05) is 12.9 Å². The Labute approximate surface area is 142 Å². The molecule has 2 heterocycles. The van der Waals surface area contributed by atoms with Gasteiger partial charge in [0.25, 0.3) is 0 Å². The van der Waals surface area contributed by atoms with Crippen LogP contribution in [-0.4, -0.2) is 32.7 Å². The van der Waals surface area contributed by atoms with E-state index in [1.165, 1.54) is 31.0 Å². The first-order valence-corrected chi connectivity index (χ1v) is 8.16. The van der Waals surface area contributed by atoms with Gasteiger partial charge in [0.05, 0.1) is 19.5 Å². The van der Waals surface area contributed by atoms with E-state index in [4.69, 9.17) is 9.15 Å². The fourth-order valence-corrected chi connectivity index (χ4v) is 3.08. The molecule has 0 aliphatic rings. The lowest BCUT2D eigenvalue weighted by Gasteiger charge is -2.11. The minimum Gasteiger partial charge on any atom is -0.494 e. The van der Waals surface area contributed by atoms with E-state index in [9.17, 15) is 9.50 Å². The zero-order valence-corrected chi connectivity index (χ0v) is 14.0. The Kier molecular flexibility index (Phi) is 4.86. The third-order valence-electron chi connectivity index (χ3n) is 3.51. The minimum atomic E-state index is -0.834. The van der Waals surface area contributed by atoms with Gasteiger partial charge in [0.15, 0.2) is 28.3 Å². The molecule has 0 fully saturated rings. The van der Waals surface area contributed by atoms with Crippen LogP contribution in [0.2, 0.25) is 0 Å². The summed E-state index contributed by atoms with van der Waals surface area (Å²) >= 11 is 1.33. The smallest absolute Gasteiger partial charge is 0.200 e. The summed E-state index contributed by atoms with van der Waals surface area (Å²) < 4.78 is 25.7. The van der Waals surface area contributed by atoms with Gasteiger partial charge in [-0.25, -0.2) is 4.39 Å². The van der Waals surface area contributed by atoms with Crippen molar-refractivity contribution in [1.82, 2.24) is 14.8 Å². The molecule has 6 nitrogen and oxygen atoms in total. The highest BCUT2D eigenvalue weighted by atomic mass is 32.2. The van der Waals surface area contributed by atoms with Gasteiger partial charge in [0.2, 0.25) is 0 Å². The van der Waals surface area contributed by atoms with Crippen molar-refractivity contribution in [3.05, 3.63) is 48.0 Å². The highest BCUT2D eigenvalue weighted by molar-refractivity contribution is 7.99. The van der Waals surface area contributed by atoms with Crippen LogP contribution >= 0.6 is 11.8 Å². The maximum Gasteiger partial charge on any atom is 0.200 e. The first-order valence-electron chi connectivity index (χ1n) is 7.17. The van der Waals surface area contributed by atoms with E-state index in [1.807, 2.05) is 7.05 Å². The Morgan fingerprint density at radius 3 is 2.88 bits per heavy atom. The maximum absolute atomic E-state index is 13.7. The van der Waals surface area contributed by atoms with Crippen LogP contribution in [0, 0.1) is 5.82 Å². The molecule has 8 heteroatoms. The van der Waals surface area contributed by atoms with Gasteiger partial charge in [-0.3, -0.25) is 0 Å². The number of methoxy groups -OCH3 is 1. The summed E-state index contributed by atoms with van der Waals surface area (Å²) in [6.07, 6.45) is 0.734. The number of aromatic nitrogens is 3. The lowest BCUT2D eigenvalue weighted by molar-refractivity contribution is 0.203. The van der Waals surface area contributed by atoms with Crippen molar-refractivity contribution in [1.29, 1.82) is 0 Å². The van der Waals surface area contributed by atoms with Gasteiger partial charge >= 0.3 is 0 Å². The SMILES string of the molecule is COc1ccc(C(O)CSc2nnc(-c3ccco3)n2C)cc1F. The van der Waals surface area contributed by atoms with E-state index < -0.39 is 11.9 Å². The fourth-order valence-electron chi connectivity index (χ4n) is 2.20. The number of aliphatic hydroxyl groups excluding tert-OH is 1. The lowest BCUT2D eigenvalue weighted by atomic mass is 10.1. The molecule has 0 aliphatic carbocycles. The summed E-state index contributed by atoms with van der Waals surface area (Å²) in [5, 5.41) is 19.1. The first kappa shape index (κ1) is 16.5. The van der Waals surface area contributed by atoms with Crippen molar-refractivity contribution < 1.29 is 18.7 Å². The Morgan fingerprint density at radius 1 is 1.38 bits per heavy atom. The van der Waals surface area contributed by atoms with Gasteiger partial charge < -0.3 is 18.8 Å². The molecule has 3 aromatic rings. The van der Waals surface area contributed by atoms with E-state index >= 15 is 0 Å². The third kappa shape index (κ3) is 3.29. The number of ether oxygens (including phenoxy) is 1. The van der Waals surface area contributed by atoms with Crippen molar-refractivity contribution in [2.45, 2.75) is 11.3 Å². The van der Waals surface area contributed by atoms with E-state index in [2.05, 4.69) is 10.2 Å². The fraction of sp³-hybridized carbons (Fsp3) is 0.250. The monoisotopic (exact) mass is 349 g/mol. The van der Waals surface area contributed by atoms with Crippen molar-refractivity contribution in [3.8, 4) is 17.3 Å². The summed E-state index contributed by atoms with van der Waals surface area (Å²) in [6.45, 7) is 0. The molecule has 1 unspecified atom stereocenters. The van der Waals surface area contributed by atoms with Gasteiger partial charge in [-0.05, 0) is 29.8 Å². The van der Waals surface area contributed by atoms with Gasteiger partial charge in [0.1, 0.15) is 0 Å². The van der Waals surface area contributed by atoms with Gasteiger partial charge in [-0.15, -0.1) is 10.2 Å². The average molecular weight is 349 g/mol. The predicted octanol–water partition coefficient (Wildman–Crippen LogP) is 3.05. The summed E-state index contributed by atoms with van der Waals surface area (Å²) in [7, 11) is 3.22. The van der Waals surface area contributed by atoms with Gasteiger partial charge in [-0.1, -0.05) is 17.8 Å². The molecule has 1 aromatic carbocycles. The number of nitrogens with zero attached hydrogens (tertiary/aromatic N) is 3. The second-order valence-corrected chi connectivity index (χ2v) is 6.05. The summed E-state index contributed by atoms with van der Waals surface area (Å²) in [4.78, 5) is 0. The molecule has 0 saturated heterocycles. The number of halogens is 1. The molecule has 0 radical (unpaired) electrons.